The number of piperazine rings is 1. The number of carbonyl (C=O) groups excluding carboxylic acids is 1. The Morgan fingerprint density at radius 3 is 2.53 bits per heavy atom. The Hall–Kier alpha value is -2.87. The molecule has 5 heterocycles. The van der Waals surface area contributed by atoms with Gasteiger partial charge in [0.1, 0.15) is 0 Å². The predicted molar refractivity (Wildman–Crippen MR) is 149 cm³/mol. The normalized spacial score (nSPS) is 17.4. The summed E-state index contributed by atoms with van der Waals surface area (Å²) in [6.45, 7) is 10.3. The van der Waals surface area contributed by atoms with Crippen LogP contribution < -0.4 is 9.62 Å². The number of hydrogen-bond acceptors (Lipinski definition) is 10. The zero-order valence-corrected chi connectivity index (χ0v) is 23.5. The Balaban J connectivity index is 1.47. The van der Waals surface area contributed by atoms with Crippen LogP contribution in [0.25, 0.3) is 21.5 Å². The summed E-state index contributed by atoms with van der Waals surface area (Å²) >= 11 is 1.58. The number of anilines is 2. The summed E-state index contributed by atoms with van der Waals surface area (Å²) in [6.07, 6.45) is 4.29. The minimum atomic E-state index is -3.44. The molecule has 11 nitrogen and oxygen atoms in total. The topological polar surface area (TPSA) is 121 Å². The molecule has 1 amide bonds. The number of amides is 1. The van der Waals surface area contributed by atoms with E-state index in [0.717, 1.165) is 66.0 Å². The molecule has 0 saturated carbocycles. The maximum atomic E-state index is 12.4. The molecule has 0 aromatic carbocycles. The maximum absolute atomic E-state index is 12.4. The molecule has 0 aliphatic carbocycles. The highest BCUT2D eigenvalue weighted by atomic mass is 32.2. The lowest BCUT2D eigenvalue weighted by Gasteiger charge is -2.35. The first-order valence-corrected chi connectivity index (χ1v) is 15.5. The zero-order valence-electron chi connectivity index (χ0n) is 21.9. The fourth-order valence-corrected chi connectivity index (χ4v) is 6.29. The average Bonchev–Trinajstić information content (AvgIpc) is 3.30. The smallest absolute Gasteiger partial charge is 0.229 e. The zero-order chi connectivity index (χ0) is 26.9. The first-order chi connectivity index (χ1) is 18.2. The molecule has 0 spiro atoms. The molecule has 5 rings (SSSR count). The van der Waals surface area contributed by atoms with Crippen molar-refractivity contribution in [2.45, 2.75) is 20.4 Å². The Morgan fingerprint density at radius 1 is 1.11 bits per heavy atom. The third-order valence-corrected chi connectivity index (χ3v) is 8.29. The van der Waals surface area contributed by atoms with Crippen molar-refractivity contribution < 1.29 is 17.9 Å². The van der Waals surface area contributed by atoms with Crippen molar-refractivity contribution in [1.82, 2.24) is 24.8 Å². The van der Waals surface area contributed by atoms with E-state index in [9.17, 15) is 13.2 Å². The molecule has 204 valence electrons. The van der Waals surface area contributed by atoms with E-state index in [1.807, 2.05) is 18.7 Å². The van der Waals surface area contributed by atoms with Gasteiger partial charge in [-0.2, -0.15) is 0 Å². The van der Waals surface area contributed by atoms with Gasteiger partial charge in [0.15, 0.2) is 0 Å². The lowest BCUT2D eigenvalue weighted by Crippen LogP contribution is -2.49. The highest BCUT2D eigenvalue weighted by Crippen LogP contribution is 2.36. The second kappa shape index (κ2) is 11.1. The summed E-state index contributed by atoms with van der Waals surface area (Å²) < 4.78 is 32.6. The Bertz CT molecular complexity index is 1410. The van der Waals surface area contributed by atoms with Crippen LogP contribution >= 0.6 is 11.3 Å². The van der Waals surface area contributed by atoms with Crippen molar-refractivity contribution in [3.8, 4) is 11.3 Å². The highest BCUT2D eigenvalue weighted by molar-refractivity contribution is 7.92. The summed E-state index contributed by atoms with van der Waals surface area (Å²) in [4.78, 5) is 33.0. The number of sulfonamides is 1. The summed E-state index contributed by atoms with van der Waals surface area (Å²) in [5, 5.41) is 2.13. The SMILES string of the molecule is CC(C)C(=O)N1CCN(Cc2csc3c(-c4cncc(NS(C)(=O)=O)c4)nc(N4CCOCC4)nc23)CC1. The number of aromatic nitrogens is 3. The number of hydrogen-bond donors (Lipinski definition) is 1. The number of rotatable bonds is 7. The van der Waals surface area contributed by atoms with Crippen LogP contribution in [0.1, 0.15) is 19.4 Å². The van der Waals surface area contributed by atoms with Gasteiger partial charge in [0.2, 0.25) is 21.9 Å². The molecule has 0 atom stereocenters. The third kappa shape index (κ3) is 6.06. The van der Waals surface area contributed by atoms with Gasteiger partial charge in [-0.05, 0) is 11.4 Å². The van der Waals surface area contributed by atoms with E-state index in [-0.39, 0.29) is 11.8 Å². The number of thiophene rings is 1. The van der Waals surface area contributed by atoms with Crippen molar-refractivity contribution in [3.05, 3.63) is 29.4 Å². The van der Waals surface area contributed by atoms with E-state index >= 15 is 0 Å². The van der Waals surface area contributed by atoms with Crippen LogP contribution in [0.5, 0.6) is 0 Å². The van der Waals surface area contributed by atoms with E-state index in [1.54, 1.807) is 23.6 Å². The van der Waals surface area contributed by atoms with Crippen LogP contribution in [-0.4, -0.2) is 97.8 Å². The number of fused-ring (bicyclic) bond motifs is 1. The second-order valence-corrected chi connectivity index (χ2v) is 12.6. The molecule has 2 aliphatic rings. The van der Waals surface area contributed by atoms with Gasteiger partial charge in [-0.15, -0.1) is 11.3 Å². The van der Waals surface area contributed by atoms with Crippen LogP contribution in [-0.2, 0) is 26.1 Å². The number of pyridine rings is 1. The van der Waals surface area contributed by atoms with Crippen LogP contribution in [0.4, 0.5) is 11.6 Å². The molecule has 0 bridgehead atoms. The summed E-state index contributed by atoms with van der Waals surface area (Å²) in [7, 11) is -3.44. The van der Waals surface area contributed by atoms with Gasteiger partial charge >= 0.3 is 0 Å². The van der Waals surface area contributed by atoms with Crippen molar-refractivity contribution in [1.29, 1.82) is 0 Å². The van der Waals surface area contributed by atoms with Crippen molar-refractivity contribution in [2.75, 3.05) is 68.4 Å². The first-order valence-electron chi connectivity index (χ1n) is 12.7. The fraction of sp³-hybridized carbons (Fsp3) is 0.520. The molecule has 3 aromatic rings. The van der Waals surface area contributed by atoms with Gasteiger partial charge < -0.3 is 14.5 Å². The minimum absolute atomic E-state index is 0.0109. The van der Waals surface area contributed by atoms with Crippen molar-refractivity contribution in [2.24, 2.45) is 5.92 Å². The number of ether oxygens (including phenoxy) is 1. The second-order valence-electron chi connectivity index (χ2n) is 10.0. The minimum Gasteiger partial charge on any atom is -0.378 e. The summed E-state index contributed by atoms with van der Waals surface area (Å²) in [5.74, 6) is 0.848. The van der Waals surface area contributed by atoms with E-state index in [1.165, 1.54) is 6.20 Å². The molecule has 3 aromatic heterocycles. The molecule has 1 N–H and O–H groups in total. The lowest BCUT2D eigenvalue weighted by molar-refractivity contribution is -0.136. The Kier molecular flexibility index (Phi) is 7.80. The van der Waals surface area contributed by atoms with Crippen molar-refractivity contribution >= 4 is 49.1 Å². The molecule has 0 radical (unpaired) electrons. The Labute approximate surface area is 226 Å². The van der Waals surface area contributed by atoms with E-state index in [0.29, 0.717) is 37.9 Å². The molecular formula is C25H33N7O4S2. The lowest BCUT2D eigenvalue weighted by atomic mass is 10.1. The van der Waals surface area contributed by atoms with E-state index < -0.39 is 10.0 Å². The molecule has 38 heavy (non-hydrogen) atoms. The van der Waals surface area contributed by atoms with Crippen LogP contribution in [0, 0.1) is 5.92 Å². The van der Waals surface area contributed by atoms with Gasteiger partial charge in [0.05, 0.1) is 47.3 Å². The number of nitrogens with one attached hydrogen (secondary N) is 1. The van der Waals surface area contributed by atoms with Gasteiger partial charge in [0.25, 0.3) is 0 Å². The third-order valence-electron chi connectivity index (χ3n) is 6.66. The van der Waals surface area contributed by atoms with E-state index in [2.05, 4.69) is 24.9 Å². The number of carbonyl (C=O) groups is 1. The van der Waals surface area contributed by atoms with Crippen molar-refractivity contribution in [3.63, 3.8) is 0 Å². The molecule has 2 saturated heterocycles. The van der Waals surface area contributed by atoms with E-state index in [4.69, 9.17) is 14.7 Å². The fourth-order valence-electron chi connectivity index (χ4n) is 4.74. The van der Waals surface area contributed by atoms with Gasteiger partial charge in [-0.1, -0.05) is 13.8 Å². The van der Waals surface area contributed by atoms with Gasteiger partial charge in [-0.25, -0.2) is 18.4 Å². The quantitative estimate of drug-likeness (QED) is 0.465. The summed E-state index contributed by atoms with van der Waals surface area (Å²) in [6, 6.07) is 1.75. The standard InChI is InChI=1S/C25H33N7O4S2/c1-17(2)24(33)31-6-4-30(5-7-31)15-19-16-37-23-21(18-12-20(14-26-13-18)29-38(3,34)35)27-25(28-22(19)23)32-8-10-36-11-9-32/h12-14,16-17,29H,4-11,15H2,1-3H3. The van der Waals surface area contributed by atoms with Gasteiger partial charge in [0, 0.05) is 69.1 Å². The predicted octanol–water partition coefficient (Wildman–Crippen LogP) is 2.26. The van der Waals surface area contributed by atoms with Crippen LogP contribution in [0.3, 0.4) is 0 Å². The average molecular weight is 560 g/mol. The molecule has 0 unspecified atom stereocenters. The highest BCUT2D eigenvalue weighted by Gasteiger charge is 2.25. The monoisotopic (exact) mass is 559 g/mol. The number of morpholine rings is 1. The maximum Gasteiger partial charge on any atom is 0.229 e. The van der Waals surface area contributed by atoms with Gasteiger partial charge in [-0.3, -0.25) is 19.4 Å². The largest absolute Gasteiger partial charge is 0.378 e. The molecule has 13 heteroatoms. The number of nitrogens with zero attached hydrogens (tertiary/aromatic N) is 6. The Morgan fingerprint density at radius 2 is 1.84 bits per heavy atom. The van der Waals surface area contributed by atoms with Crippen LogP contribution in [0.15, 0.2) is 23.8 Å². The molecule has 2 aliphatic heterocycles. The van der Waals surface area contributed by atoms with Crippen LogP contribution in [0.2, 0.25) is 0 Å². The molecular weight excluding hydrogens is 526 g/mol. The molecule has 2 fully saturated rings. The first kappa shape index (κ1) is 26.7. The summed E-state index contributed by atoms with van der Waals surface area (Å²) in [5.41, 5.74) is 3.84.